The van der Waals surface area contributed by atoms with E-state index >= 15 is 0 Å². The van der Waals surface area contributed by atoms with Crippen LogP contribution in [0.2, 0.25) is 0 Å². The lowest BCUT2D eigenvalue weighted by Crippen LogP contribution is -2.05. The van der Waals surface area contributed by atoms with E-state index in [0.717, 1.165) is 28.6 Å². The van der Waals surface area contributed by atoms with Crippen LogP contribution in [-0.4, -0.2) is 38.2 Å². The number of tetrazole rings is 1. The smallest absolute Gasteiger partial charge is 0.338 e. The van der Waals surface area contributed by atoms with Crippen molar-refractivity contribution in [2.24, 2.45) is 0 Å². The van der Waals surface area contributed by atoms with Crippen LogP contribution < -0.4 is 10.2 Å². The number of esters is 1. The minimum absolute atomic E-state index is 0.0936. The number of aromatic nitrogens is 5. The molecule has 4 aromatic carbocycles. The van der Waals surface area contributed by atoms with Gasteiger partial charge < -0.3 is 9.47 Å². The van der Waals surface area contributed by atoms with Crippen LogP contribution in [0.5, 0.6) is 5.75 Å². The first-order chi connectivity index (χ1) is 19.6. The molecule has 9 nitrogen and oxygen atoms in total. The first-order valence-corrected chi connectivity index (χ1v) is 13.0. The zero-order valence-corrected chi connectivity index (χ0v) is 22.0. The van der Waals surface area contributed by atoms with E-state index in [4.69, 9.17) is 9.47 Å². The summed E-state index contributed by atoms with van der Waals surface area (Å²) in [6.07, 6.45) is 0.726. The lowest BCUT2D eigenvalue weighted by molar-refractivity contribution is 0.0526. The monoisotopic (exact) mass is 531 g/mol. The second kappa shape index (κ2) is 10.5. The summed E-state index contributed by atoms with van der Waals surface area (Å²) in [5.74, 6) is 0.611. The molecule has 2 aromatic heterocycles. The lowest BCUT2D eigenvalue weighted by Gasteiger charge is -2.12. The normalized spacial score (nSPS) is 11.2. The van der Waals surface area contributed by atoms with Crippen molar-refractivity contribution in [3.05, 3.63) is 99.8 Å². The molecule has 0 unspecified atom stereocenters. The van der Waals surface area contributed by atoms with Crippen molar-refractivity contribution >= 4 is 38.4 Å². The maximum atomic E-state index is 13.7. The van der Waals surface area contributed by atoms with Crippen LogP contribution in [0.1, 0.15) is 35.5 Å². The lowest BCUT2D eigenvalue weighted by atomic mass is 10.0. The van der Waals surface area contributed by atoms with Crippen molar-refractivity contribution in [2.75, 3.05) is 6.61 Å². The topological polar surface area (TPSA) is 120 Å². The van der Waals surface area contributed by atoms with E-state index in [9.17, 15) is 9.59 Å². The maximum Gasteiger partial charge on any atom is 0.338 e. The first kappa shape index (κ1) is 25.1. The summed E-state index contributed by atoms with van der Waals surface area (Å²) in [5.41, 5.74) is 3.45. The molecule has 9 heteroatoms. The van der Waals surface area contributed by atoms with Crippen molar-refractivity contribution in [1.29, 1.82) is 0 Å². The van der Waals surface area contributed by atoms with E-state index in [1.54, 1.807) is 25.1 Å². The number of pyridine rings is 1. The number of aryl methyl sites for hydroxylation is 1. The predicted octanol–water partition coefficient (Wildman–Crippen LogP) is 5.40. The average molecular weight is 532 g/mol. The van der Waals surface area contributed by atoms with Gasteiger partial charge in [-0.2, -0.15) is 5.21 Å². The molecule has 0 radical (unpaired) electrons. The highest BCUT2D eigenvalue weighted by Gasteiger charge is 2.15. The molecule has 0 aliphatic rings. The highest BCUT2D eigenvalue weighted by atomic mass is 16.5. The van der Waals surface area contributed by atoms with E-state index in [1.807, 2.05) is 61.5 Å². The molecule has 0 fully saturated rings. The van der Waals surface area contributed by atoms with Gasteiger partial charge in [0.1, 0.15) is 12.4 Å². The fourth-order valence-corrected chi connectivity index (χ4v) is 4.82. The molecule has 40 heavy (non-hydrogen) atoms. The van der Waals surface area contributed by atoms with E-state index in [-0.39, 0.29) is 12.0 Å². The third-order valence-corrected chi connectivity index (χ3v) is 6.80. The molecule has 0 aliphatic heterocycles. The van der Waals surface area contributed by atoms with Crippen molar-refractivity contribution in [3.8, 4) is 17.1 Å². The Labute approximate surface area is 228 Å². The zero-order chi connectivity index (χ0) is 27.6. The van der Waals surface area contributed by atoms with Gasteiger partial charge in [0.05, 0.1) is 17.7 Å². The number of hydrogen-bond donors (Lipinski definition) is 1. The Bertz CT molecular complexity index is 1950. The number of ether oxygens (including phenoxy) is 2. The van der Waals surface area contributed by atoms with Gasteiger partial charge in [0.15, 0.2) is 5.43 Å². The molecule has 0 amide bonds. The number of H-pyrrole nitrogens is 1. The predicted molar refractivity (Wildman–Crippen MR) is 152 cm³/mol. The molecule has 2 heterocycles. The molecular weight excluding hydrogens is 506 g/mol. The van der Waals surface area contributed by atoms with E-state index in [0.29, 0.717) is 50.9 Å². The molecule has 0 saturated heterocycles. The highest BCUT2D eigenvalue weighted by Crippen LogP contribution is 2.30. The van der Waals surface area contributed by atoms with Gasteiger partial charge in [-0.25, -0.2) is 4.79 Å². The number of rotatable bonds is 7. The number of nitrogens with zero attached hydrogens (tertiary/aromatic N) is 4. The summed E-state index contributed by atoms with van der Waals surface area (Å²) in [6, 6.07) is 22.2. The zero-order valence-electron chi connectivity index (χ0n) is 22.0. The molecule has 0 spiro atoms. The summed E-state index contributed by atoms with van der Waals surface area (Å²) in [5, 5.41) is 17.9. The van der Waals surface area contributed by atoms with Crippen LogP contribution in [0.3, 0.4) is 0 Å². The number of fused-ring (bicyclic) bond motifs is 3. The second-order valence-corrected chi connectivity index (χ2v) is 9.30. The number of benzene rings is 3. The number of aromatic amines is 1. The van der Waals surface area contributed by atoms with Crippen molar-refractivity contribution in [3.63, 3.8) is 0 Å². The number of carbonyl (C=O) groups is 1. The van der Waals surface area contributed by atoms with E-state index in [2.05, 4.69) is 25.6 Å². The van der Waals surface area contributed by atoms with E-state index < -0.39 is 5.97 Å². The largest absolute Gasteiger partial charge is 0.488 e. The maximum absolute atomic E-state index is 13.7. The van der Waals surface area contributed by atoms with Crippen LogP contribution in [0.25, 0.3) is 43.8 Å². The Kier molecular flexibility index (Phi) is 6.61. The quantitative estimate of drug-likeness (QED) is 0.272. The van der Waals surface area contributed by atoms with Gasteiger partial charge in [0.25, 0.3) is 0 Å². The van der Waals surface area contributed by atoms with Gasteiger partial charge in [0.2, 0.25) is 5.82 Å². The van der Waals surface area contributed by atoms with Gasteiger partial charge in [-0.15, -0.1) is 10.2 Å². The molecular formula is C31H25N5O4. The molecule has 0 aliphatic carbocycles. The number of nitrogens with one attached hydrogen (secondary N) is 1. The van der Waals surface area contributed by atoms with Crippen LogP contribution >= 0.6 is 0 Å². The van der Waals surface area contributed by atoms with Gasteiger partial charge in [0, 0.05) is 33.5 Å². The number of hydrogen-bond acceptors (Lipinski definition) is 8. The van der Waals surface area contributed by atoms with Gasteiger partial charge in [-0.3, -0.25) is 9.78 Å². The Balaban J connectivity index is 1.44. The molecule has 198 valence electrons. The molecule has 0 atom stereocenters. The summed E-state index contributed by atoms with van der Waals surface area (Å²) < 4.78 is 11.5. The van der Waals surface area contributed by atoms with Gasteiger partial charge in [-0.1, -0.05) is 43.3 Å². The van der Waals surface area contributed by atoms with Crippen molar-refractivity contribution in [2.45, 2.75) is 26.9 Å². The van der Waals surface area contributed by atoms with Crippen molar-refractivity contribution < 1.29 is 14.3 Å². The van der Waals surface area contributed by atoms with Gasteiger partial charge in [-0.05, 0) is 65.2 Å². The average Bonchev–Trinajstić information content (AvgIpc) is 3.49. The summed E-state index contributed by atoms with van der Waals surface area (Å²) >= 11 is 0. The first-order valence-electron chi connectivity index (χ1n) is 13.0. The Hall–Kier alpha value is -5.18. The van der Waals surface area contributed by atoms with Crippen LogP contribution in [0.4, 0.5) is 0 Å². The Morgan fingerprint density at radius 1 is 0.900 bits per heavy atom. The third kappa shape index (κ3) is 4.62. The molecule has 0 saturated carbocycles. The minimum Gasteiger partial charge on any atom is -0.488 e. The summed E-state index contributed by atoms with van der Waals surface area (Å²) in [7, 11) is 0. The van der Waals surface area contributed by atoms with Crippen LogP contribution in [0.15, 0.2) is 77.6 Å². The minimum atomic E-state index is -0.398. The van der Waals surface area contributed by atoms with Crippen molar-refractivity contribution in [1.82, 2.24) is 25.6 Å². The fourth-order valence-electron chi connectivity index (χ4n) is 4.82. The highest BCUT2D eigenvalue weighted by molar-refractivity contribution is 6.02. The second-order valence-electron chi connectivity index (χ2n) is 9.30. The molecule has 1 N–H and O–H groups in total. The van der Waals surface area contributed by atoms with Gasteiger partial charge >= 0.3 is 5.97 Å². The van der Waals surface area contributed by atoms with E-state index in [1.165, 1.54) is 0 Å². The number of carbonyl (C=O) groups excluding carboxylic acids is 1. The summed E-state index contributed by atoms with van der Waals surface area (Å²) in [6.45, 7) is 4.29. The molecule has 6 rings (SSSR count). The SMILES string of the molecule is CCOC(=O)c1ccc2nc(CC)cc(OCc3ccc4c(-c5nn[nH]n5)cc5ccccc5c(=O)c4c3)c2c1. The van der Waals surface area contributed by atoms with Crippen LogP contribution in [-0.2, 0) is 17.8 Å². The fraction of sp³-hybridized carbons (Fsp3) is 0.161. The van der Waals surface area contributed by atoms with Crippen LogP contribution in [0, 0.1) is 0 Å². The third-order valence-electron chi connectivity index (χ3n) is 6.80. The molecule has 6 aromatic rings. The molecule has 0 bridgehead atoms. The Morgan fingerprint density at radius 3 is 2.58 bits per heavy atom. The Morgan fingerprint density at radius 2 is 1.77 bits per heavy atom. The standard InChI is InChI=1S/C31H25N5O4/c1-3-21-16-28(26-15-20(31(38)39-4-2)10-12-27(26)32-21)40-17-18-9-11-23-24(13-18)29(37)22-8-6-5-7-19(22)14-25(23)30-33-35-36-34-30/h5-16H,3-4,17H2,1-2H3,(H,33,34,35,36). The summed E-state index contributed by atoms with van der Waals surface area (Å²) in [4.78, 5) is 30.7.